The number of hydrogen-bond donors (Lipinski definition) is 1. The number of benzene rings is 3. The number of rotatable bonds is 8. The van der Waals surface area contributed by atoms with Crippen LogP contribution in [0.1, 0.15) is 16.7 Å². The van der Waals surface area contributed by atoms with E-state index in [2.05, 4.69) is 33.1 Å². The molecule has 0 spiro atoms. The van der Waals surface area contributed by atoms with Gasteiger partial charge in [0.15, 0.2) is 11.5 Å². The Labute approximate surface area is 187 Å². The van der Waals surface area contributed by atoms with Gasteiger partial charge in [-0.25, -0.2) is 4.98 Å². The lowest BCUT2D eigenvalue weighted by Gasteiger charge is -2.08. The second-order valence-corrected chi connectivity index (χ2v) is 7.35. The fourth-order valence-electron chi connectivity index (χ4n) is 3.55. The number of amides is 1. The van der Waals surface area contributed by atoms with Crippen molar-refractivity contribution in [2.45, 2.75) is 13.1 Å². The van der Waals surface area contributed by atoms with Gasteiger partial charge in [0.05, 0.1) is 31.6 Å². The van der Waals surface area contributed by atoms with Crippen molar-refractivity contribution in [1.29, 1.82) is 0 Å². The number of imidazole rings is 1. The summed E-state index contributed by atoms with van der Waals surface area (Å²) in [6.45, 7) is 1.18. The van der Waals surface area contributed by atoms with E-state index < -0.39 is 0 Å². The highest BCUT2D eigenvalue weighted by molar-refractivity contribution is 5.91. The van der Waals surface area contributed by atoms with Crippen molar-refractivity contribution in [2.24, 2.45) is 0 Å². The largest absolute Gasteiger partial charge is 0.493 e. The fraction of sp³-hybridized carbons (Fsp3) is 0.154. The highest BCUT2D eigenvalue weighted by atomic mass is 16.5. The highest BCUT2D eigenvalue weighted by Crippen LogP contribution is 2.27. The molecule has 0 bridgehead atoms. The lowest BCUT2D eigenvalue weighted by atomic mass is 10.1. The van der Waals surface area contributed by atoms with Gasteiger partial charge in [0, 0.05) is 19.2 Å². The predicted octanol–water partition coefficient (Wildman–Crippen LogP) is 4.43. The molecule has 4 rings (SSSR count). The molecular formula is C26H25N3O3. The molecule has 1 amide bonds. The van der Waals surface area contributed by atoms with Gasteiger partial charge in [0.25, 0.3) is 0 Å². The van der Waals surface area contributed by atoms with Gasteiger partial charge < -0.3 is 19.4 Å². The van der Waals surface area contributed by atoms with E-state index in [9.17, 15) is 4.79 Å². The third-order valence-electron chi connectivity index (χ3n) is 5.17. The van der Waals surface area contributed by atoms with Crippen LogP contribution in [0.15, 0.2) is 79.1 Å². The zero-order valence-electron chi connectivity index (χ0n) is 18.1. The molecule has 0 unspecified atom stereocenters. The normalized spacial score (nSPS) is 11.1. The van der Waals surface area contributed by atoms with E-state index in [-0.39, 0.29) is 5.91 Å². The molecule has 0 saturated carbocycles. The smallest absolute Gasteiger partial charge is 0.244 e. The number of nitrogens with zero attached hydrogens (tertiary/aromatic N) is 2. The summed E-state index contributed by atoms with van der Waals surface area (Å²) in [5.41, 5.74) is 5.14. The fourth-order valence-corrected chi connectivity index (χ4v) is 3.55. The third kappa shape index (κ3) is 4.98. The third-order valence-corrected chi connectivity index (χ3v) is 5.17. The summed E-state index contributed by atoms with van der Waals surface area (Å²) < 4.78 is 12.7. The van der Waals surface area contributed by atoms with Crippen molar-refractivity contribution < 1.29 is 14.3 Å². The first-order valence-corrected chi connectivity index (χ1v) is 10.3. The molecule has 0 saturated heterocycles. The zero-order valence-corrected chi connectivity index (χ0v) is 18.1. The monoisotopic (exact) mass is 427 g/mol. The van der Waals surface area contributed by atoms with E-state index in [1.54, 1.807) is 20.3 Å². The summed E-state index contributed by atoms with van der Waals surface area (Å²) in [4.78, 5) is 16.7. The van der Waals surface area contributed by atoms with Crippen LogP contribution in [0.3, 0.4) is 0 Å². The van der Waals surface area contributed by atoms with Crippen LogP contribution in [0.25, 0.3) is 17.1 Å². The molecule has 0 aliphatic rings. The maximum Gasteiger partial charge on any atom is 0.244 e. The standard InChI is InChI=1S/C26H25N3O3/c1-31-24-12-10-19(15-25(24)32-2)11-13-26(30)27-16-20-6-5-7-21(14-20)17-29-18-28-22-8-3-4-9-23(22)29/h3-15,18H,16-17H2,1-2H3,(H,27,30)/b13-11+. The van der Waals surface area contributed by atoms with Gasteiger partial charge in [-0.05, 0) is 47.0 Å². The molecule has 4 aromatic rings. The van der Waals surface area contributed by atoms with Crippen LogP contribution in [0, 0.1) is 0 Å². The van der Waals surface area contributed by atoms with Crippen molar-refractivity contribution in [2.75, 3.05) is 14.2 Å². The Morgan fingerprint density at radius 1 is 0.969 bits per heavy atom. The molecule has 0 aliphatic carbocycles. The molecule has 6 heteroatoms. The van der Waals surface area contributed by atoms with Gasteiger partial charge >= 0.3 is 0 Å². The maximum absolute atomic E-state index is 12.3. The molecular weight excluding hydrogens is 402 g/mol. The Bertz CT molecular complexity index is 1260. The van der Waals surface area contributed by atoms with E-state index >= 15 is 0 Å². The van der Waals surface area contributed by atoms with Gasteiger partial charge in [-0.3, -0.25) is 4.79 Å². The molecule has 0 fully saturated rings. The number of fused-ring (bicyclic) bond motifs is 1. The highest BCUT2D eigenvalue weighted by Gasteiger charge is 2.05. The Balaban J connectivity index is 1.37. The minimum Gasteiger partial charge on any atom is -0.493 e. The number of methoxy groups -OCH3 is 2. The minimum atomic E-state index is -0.161. The molecule has 1 aromatic heterocycles. The Morgan fingerprint density at radius 2 is 1.78 bits per heavy atom. The number of carbonyl (C=O) groups excluding carboxylic acids is 1. The molecule has 1 heterocycles. The molecule has 0 radical (unpaired) electrons. The number of aromatic nitrogens is 2. The van der Waals surface area contributed by atoms with E-state index in [1.165, 1.54) is 6.08 Å². The minimum absolute atomic E-state index is 0.161. The van der Waals surface area contributed by atoms with Gasteiger partial charge in [-0.1, -0.05) is 42.5 Å². The summed E-state index contributed by atoms with van der Waals surface area (Å²) in [6.07, 6.45) is 5.12. The van der Waals surface area contributed by atoms with Crippen LogP contribution < -0.4 is 14.8 Å². The average Bonchev–Trinajstić information content (AvgIpc) is 3.24. The lowest BCUT2D eigenvalue weighted by Crippen LogP contribution is -2.20. The number of carbonyl (C=O) groups is 1. The average molecular weight is 428 g/mol. The van der Waals surface area contributed by atoms with Gasteiger partial charge in [0.1, 0.15) is 0 Å². The molecule has 32 heavy (non-hydrogen) atoms. The molecule has 6 nitrogen and oxygen atoms in total. The van der Waals surface area contributed by atoms with Crippen LogP contribution in [0.4, 0.5) is 0 Å². The number of hydrogen-bond acceptors (Lipinski definition) is 4. The first-order valence-electron chi connectivity index (χ1n) is 10.3. The summed E-state index contributed by atoms with van der Waals surface area (Å²) in [6, 6.07) is 21.8. The number of ether oxygens (including phenoxy) is 2. The second kappa shape index (κ2) is 9.83. The van der Waals surface area contributed by atoms with Gasteiger partial charge in [0.2, 0.25) is 5.91 Å². The Morgan fingerprint density at radius 3 is 2.62 bits per heavy atom. The Hall–Kier alpha value is -4.06. The van der Waals surface area contributed by atoms with Crippen molar-refractivity contribution in [1.82, 2.24) is 14.9 Å². The van der Waals surface area contributed by atoms with E-state index in [4.69, 9.17) is 9.47 Å². The van der Waals surface area contributed by atoms with E-state index in [0.717, 1.165) is 34.3 Å². The SMILES string of the molecule is COc1ccc(/C=C/C(=O)NCc2cccc(Cn3cnc4ccccc43)c2)cc1OC. The van der Waals surface area contributed by atoms with Crippen LogP contribution >= 0.6 is 0 Å². The molecule has 3 aromatic carbocycles. The molecule has 0 atom stereocenters. The number of nitrogens with one attached hydrogen (secondary N) is 1. The maximum atomic E-state index is 12.3. The quantitative estimate of drug-likeness (QED) is 0.423. The first kappa shape index (κ1) is 21.2. The summed E-state index contributed by atoms with van der Waals surface area (Å²) in [5.74, 6) is 1.11. The summed E-state index contributed by atoms with van der Waals surface area (Å²) in [7, 11) is 3.18. The van der Waals surface area contributed by atoms with Gasteiger partial charge in [-0.2, -0.15) is 0 Å². The van der Waals surface area contributed by atoms with E-state index in [0.29, 0.717) is 18.0 Å². The van der Waals surface area contributed by atoms with Crippen molar-refractivity contribution >= 4 is 23.0 Å². The molecule has 1 N–H and O–H groups in total. The topological polar surface area (TPSA) is 65.4 Å². The summed E-state index contributed by atoms with van der Waals surface area (Å²) >= 11 is 0. The van der Waals surface area contributed by atoms with Crippen molar-refractivity contribution in [3.63, 3.8) is 0 Å². The zero-order chi connectivity index (χ0) is 22.3. The molecule has 162 valence electrons. The van der Waals surface area contributed by atoms with Crippen LogP contribution in [0.2, 0.25) is 0 Å². The lowest BCUT2D eigenvalue weighted by molar-refractivity contribution is -0.116. The first-order chi connectivity index (χ1) is 15.7. The number of para-hydroxylation sites is 2. The van der Waals surface area contributed by atoms with Gasteiger partial charge in [-0.15, -0.1) is 0 Å². The Kier molecular flexibility index (Phi) is 6.51. The second-order valence-electron chi connectivity index (χ2n) is 7.35. The molecule has 0 aliphatic heterocycles. The van der Waals surface area contributed by atoms with Crippen LogP contribution in [-0.2, 0) is 17.9 Å². The van der Waals surface area contributed by atoms with Crippen molar-refractivity contribution in [3.8, 4) is 11.5 Å². The van der Waals surface area contributed by atoms with Crippen LogP contribution in [0.5, 0.6) is 11.5 Å². The van der Waals surface area contributed by atoms with E-state index in [1.807, 2.05) is 54.9 Å². The summed E-state index contributed by atoms with van der Waals surface area (Å²) in [5, 5.41) is 2.94. The van der Waals surface area contributed by atoms with Crippen molar-refractivity contribution in [3.05, 3.63) is 95.8 Å². The predicted molar refractivity (Wildman–Crippen MR) is 126 cm³/mol. The van der Waals surface area contributed by atoms with Crippen LogP contribution in [-0.4, -0.2) is 29.7 Å².